The van der Waals surface area contributed by atoms with Gasteiger partial charge in [0.05, 0.1) is 17.6 Å². The van der Waals surface area contributed by atoms with E-state index in [-0.39, 0.29) is 29.8 Å². The fourth-order valence-corrected chi connectivity index (χ4v) is 4.65. The molecule has 2 saturated heterocycles. The zero-order valence-corrected chi connectivity index (χ0v) is 16.9. The van der Waals surface area contributed by atoms with E-state index in [2.05, 4.69) is 4.98 Å². The van der Waals surface area contributed by atoms with Gasteiger partial charge >= 0.3 is 18.8 Å². The van der Waals surface area contributed by atoms with Crippen molar-refractivity contribution in [1.29, 1.82) is 0 Å². The summed E-state index contributed by atoms with van der Waals surface area (Å²) in [5, 5.41) is 10.9. The maximum atomic E-state index is 12.4. The quantitative estimate of drug-likeness (QED) is 0.332. The van der Waals surface area contributed by atoms with Crippen LogP contribution in [0.3, 0.4) is 0 Å². The van der Waals surface area contributed by atoms with Gasteiger partial charge in [0.2, 0.25) is 0 Å². The minimum Gasteiger partial charge on any atom is -0.349 e. The summed E-state index contributed by atoms with van der Waals surface area (Å²) in [4.78, 5) is 56.2. The Morgan fingerprint density at radius 3 is 2.55 bits per heavy atom. The molecule has 3 N–H and O–H groups in total. The number of fused-ring (bicyclic) bond motifs is 1. The Kier molecular flexibility index (Phi) is 5.20. The van der Waals surface area contributed by atoms with E-state index in [1.807, 2.05) is 0 Å². The van der Waals surface area contributed by atoms with Crippen molar-refractivity contribution in [2.24, 2.45) is 0 Å². The van der Waals surface area contributed by atoms with Crippen LogP contribution >= 0.6 is 7.60 Å². The lowest BCUT2D eigenvalue weighted by Gasteiger charge is -2.41. The SMILES string of the molecule is Cc1cn(C2CC3OC(c4ccc([N+](=O)[O-])cc4)(P(=O)(O)O)OCC3O2)c(=O)[nH]c1=O. The van der Waals surface area contributed by atoms with Gasteiger partial charge in [-0.1, -0.05) is 0 Å². The summed E-state index contributed by atoms with van der Waals surface area (Å²) < 4.78 is 30.5. The molecule has 0 saturated carbocycles. The van der Waals surface area contributed by atoms with Crippen molar-refractivity contribution in [2.45, 2.75) is 37.3 Å². The Hall–Kier alpha value is -2.67. The highest BCUT2D eigenvalue weighted by molar-refractivity contribution is 7.52. The number of hydrogen-bond acceptors (Lipinski definition) is 8. The molecular formula is C17H18N3O10P. The van der Waals surface area contributed by atoms with E-state index in [9.17, 15) is 34.1 Å². The number of ether oxygens (including phenoxy) is 3. The molecule has 0 bridgehead atoms. The Morgan fingerprint density at radius 2 is 1.94 bits per heavy atom. The molecule has 4 unspecified atom stereocenters. The molecule has 1 aromatic carbocycles. The van der Waals surface area contributed by atoms with Crippen LogP contribution in [0.5, 0.6) is 0 Å². The molecule has 2 fully saturated rings. The first-order valence-corrected chi connectivity index (χ1v) is 10.7. The third-order valence-corrected chi connectivity index (χ3v) is 6.48. The van der Waals surface area contributed by atoms with Crippen LogP contribution in [-0.4, -0.2) is 43.1 Å². The van der Waals surface area contributed by atoms with Gasteiger partial charge in [-0.15, -0.1) is 0 Å². The highest BCUT2D eigenvalue weighted by Gasteiger charge is 2.59. The molecule has 2 aliphatic rings. The van der Waals surface area contributed by atoms with Gasteiger partial charge in [-0.3, -0.25) is 29.0 Å². The van der Waals surface area contributed by atoms with Crippen LogP contribution in [0.2, 0.25) is 0 Å². The highest BCUT2D eigenvalue weighted by Crippen LogP contribution is 2.61. The molecule has 0 radical (unpaired) electrons. The fraction of sp³-hybridized carbons (Fsp3) is 0.412. The van der Waals surface area contributed by atoms with E-state index in [1.54, 1.807) is 0 Å². The van der Waals surface area contributed by atoms with Crippen molar-refractivity contribution in [3.63, 3.8) is 0 Å². The van der Waals surface area contributed by atoms with Crippen molar-refractivity contribution in [1.82, 2.24) is 9.55 Å². The fourth-order valence-electron chi connectivity index (χ4n) is 3.65. The van der Waals surface area contributed by atoms with E-state index < -0.39 is 47.7 Å². The summed E-state index contributed by atoms with van der Waals surface area (Å²) in [5.74, 6) is 0. The summed E-state index contributed by atoms with van der Waals surface area (Å²) >= 11 is 0. The monoisotopic (exact) mass is 455 g/mol. The number of hydrogen-bond donors (Lipinski definition) is 3. The second-order valence-corrected chi connectivity index (χ2v) is 8.92. The minimum atomic E-state index is -5.08. The van der Waals surface area contributed by atoms with Gasteiger partial charge < -0.3 is 24.0 Å². The summed E-state index contributed by atoms with van der Waals surface area (Å²) in [6, 6.07) is 4.48. The third-order valence-electron chi connectivity index (χ3n) is 5.22. The standard InChI is InChI=1S/C17H18N3O10P/c1-9-7-19(16(22)18-15(9)21)14-6-12-13(29-14)8-28-17(30-12,31(25,26)27)10-2-4-11(5-3-10)20(23)24/h2-5,7,12-14H,6,8H2,1H3,(H,18,21,22)(H2,25,26,27). The van der Waals surface area contributed by atoms with Gasteiger partial charge in [-0.25, -0.2) is 4.79 Å². The van der Waals surface area contributed by atoms with Gasteiger partial charge in [-0.05, 0) is 19.1 Å². The number of aryl methyl sites for hydroxylation is 1. The summed E-state index contributed by atoms with van der Waals surface area (Å²) in [6.07, 6.45) is -1.07. The van der Waals surface area contributed by atoms with Crippen molar-refractivity contribution < 1.29 is 33.5 Å². The van der Waals surface area contributed by atoms with Gasteiger partial charge in [0, 0.05) is 35.9 Å². The minimum absolute atomic E-state index is 0.0498. The topological polar surface area (TPSA) is 183 Å². The molecule has 2 aliphatic heterocycles. The van der Waals surface area contributed by atoms with Crippen molar-refractivity contribution >= 4 is 13.3 Å². The molecule has 31 heavy (non-hydrogen) atoms. The van der Waals surface area contributed by atoms with Crippen LogP contribution in [0.1, 0.15) is 23.8 Å². The summed E-state index contributed by atoms with van der Waals surface area (Å²) in [6.45, 7) is 1.25. The van der Waals surface area contributed by atoms with Gasteiger partial charge in [0.15, 0.2) is 0 Å². The van der Waals surface area contributed by atoms with Crippen molar-refractivity contribution in [2.75, 3.05) is 6.61 Å². The average Bonchev–Trinajstić information content (AvgIpc) is 3.12. The zero-order valence-electron chi connectivity index (χ0n) is 16.0. The highest BCUT2D eigenvalue weighted by atomic mass is 31.2. The molecule has 4 atom stereocenters. The van der Waals surface area contributed by atoms with Crippen LogP contribution in [0.25, 0.3) is 0 Å². The summed E-state index contributed by atoms with van der Waals surface area (Å²) in [5.41, 5.74) is -3.79. The summed E-state index contributed by atoms with van der Waals surface area (Å²) in [7, 11) is -5.08. The first-order valence-electron chi connectivity index (χ1n) is 9.12. The van der Waals surface area contributed by atoms with E-state index >= 15 is 0 Å². The Balaban J connectivity index is 1.66. The van der Waals surface area contributed by atoms with Crippen LogP contribution in [0, 0.1) is 17.0 Å². The lowest BCUT2D eigenvalue weighted by atomic mass is 10.1. The molecule has 2 aromatic rings. The number of aromatic nitrogens is 2. The third kappa shape index (κ3) is 3.65. The molecule has 0 aliphatic carbocycles. The van der Waals surface area contributed by atoms with E-state index in [0.717, 1.165) is 24.3 Å². The van der Waals surface area contributed by atoms with E-state index in [4.69, 9.17) is 14.2 Å². The molecule has 13 nitrogen and oxygen atoms in total. The molecule has 0 amide bonds. The van der Waals surface area contributed by atoms with Crippen LogP contribution in [0.15, 0.2) is 40.1 Å². The molecule has 3 heterocycles. The van der Waals surface area contributed by atoms with E-state index in [0.29, 0.717) is 0 Å². The number of non-ortho nitro benzene ring substituents is 1. The number of nitrogens with zero attached hydrogens (tertiary/aromatic N) is 2. The lowest BCUT2D eigenvalue weighted by molar-refractivity contribution is -0.384. The Bertz CT molecular complexity index is 1190. The molecular weight excluding hydrogens is 437 g/mol. The van der Waals surface area contributed by atoms with Crippen LogP contribution in [-0.2, 0) is 24.3 Å². The van der Waals surface area contributed by atoms with Crippen LogP contribution < -0.4 is 11.2 Å². The number of aromatic amines is 1. The molecule has 0 spiro atoms. The van der Waals surface area contributed by atoms with Crippen molar-refractivity contribution in [3.8, 4) is 0 Å². The second-order valence-electron chi connectivity index (χ2n) is 7.24. The van der Waals surface area contributed by atoms with Gasteiger partial charge in [-0.2, -0.15) is 0 Å². The Labute approximate surface area is 173 Å². The molecule has 4 rings (SSSR count). The maximum absolute atomic E-state index is 12.4. The molecule has 166 valence electrons. The largest absolute Gasteiger partial charge is 0.389 e. The van der Waals surface area contributed by atoms with Crippen LogP contribution in [0.4, 0.5) is 5.69 Å². The second kappa shape index (κ2) is 7.48. The molecule has 14 heteroatoms. The first-order chi connectivity index (χ1) is 14.5. The first kappa shape index (κ1) is 21.6. The number of H-pyrrole nitrogens is 1. The smallest absolute Gasteiger partial charge is 0.349 e. The average molecular weight is 455 g/mol. The van der Waals surface area contributed by atoms with Crippen molar-refractivity contribution in [3.05, 3.63) is 72.5 Å². The van der Waals surface area contributed by atoms with Gasteiger partial charge in [0.1, 0.15) is 12.3 Å². The predicted octanol–water partition coefficient (Wildman–Crippen LogP) is 0.444. The maximum Gasteiger partial charge on any atom is 0.389 e. The number of nitro benzene ring substituents is 1. The van der Waals surface area contributed by atoms with Gasteiger partial charge in [0.25, 0.3) is 11.2 Å². The number of nitro groups is 1. The lowest BCUT2D eigenvalue weighted by Crippen LogP contribution is -2.48. The number of nitrogens with one attached hydrogen (secondary N) is 1. The Morgan fingerprint density at radius 1 is 1.26 bits per heavy atom. The van der Waals surface area contributed by atoms with E-state index in [1.165, 1.54) is 17.7 Å². The number of rotatable bonds is 4. The zero-order chi connectivity index (χ0) is 22.6. The normalized spacial score (nSPS) is 28.3. The number of benzene rings is 1. The predicted molar refractivity (Wildman–Crippen MR) is 102 cm³/mol. The molecule has 1 aromatic heterocycles.